The maximum absolute atomic E-state index is 12.2. The molecular formula is C19H27N3O3S. The number of amides is 1. The van der Waals surface area contributed by atoms with Gasteiger partial charge in [-0.1, -0.05) is 18.8 Å². The molecule has 2 rings (SSSR count). The van der Waals surface area contributed by atoms with Crippen LogP contribution in [0, 0.1) is 12.3 Å². The number of rotatable bonds is 8. The lowest BCUT2D eigenvalue weighted by molar-refractivity contribution is 0.0951. The molecule has 1 aromatic rings. The number of nitrogens with zero attached hydrogens (tertiary/aromatic N) is 1. The van der Waals surface area contributed by atoms with E-state index in [1.807, 2.05) is 0 Å². The van der Waals surface area contributed by atoms with E-state index in [0.717, 1.165) is 26.1 Å². The van der Waals surface area contributed by atoms with Gasteiger partial charge in [-0.25, -0.2) is 8.42 Å². The summed E-state index contributed by atoms with van der Waals surface area (Å²) in [5.74, 6) is 2.03. The molecule has 142 valence electrons. The van der Waals surface area contributed by atoms with E-state index < -0.39 is 10.0 Å². The van der Waals surface area contributed by atoms with Crippen molar-refractivity contribution in [2.45, 2.75) is 37.0 Å². The Balaban J connectivity index is 1.78. The van der Waals surface area contributed by atoms with Crippen LogP contribution in [0.25, 0.3) is 0 Å². The van der Waals surface area contributed by atoms with Crippen LogP contribution in [0.2, 0.25) is 0 Å². The number of nitrogens with one attached hydrogen (secondary N) is 2. The molecule has 6 nitrogen and oxygen atoms in total. The topological polar surface area (TPSA) is 78.5 Å². The maximum Gasteiger partial charge on any atom is 0.251 e. The highest BCUT2D eigenvalue weighted by molar-refractivity contribution is 7.89. The van der Waals surface area contributed by atoms with E-state index in [9.17, 15) is 13.2 Å². The standard InChI is InChI=1S/C19H27N3O3S/c1-2-12-21-26(24,25)18-10-8-17(9-11-18)19(23)20-13-7-16-22-14-5-3-4-6-15-22/h1,8-11,21H,3-7,12-16H2,(H,20,23). The van der Waals surface area contributed by atoms with E-state index in [1.165, 1.54) is 49.9 Å². The molecule has 2 N–H and O–H groups in total. The largest absolute Gasteiger partial charge is 0.352 e. The Bertz CT molecular complexity index is 715. The monoisotopic (exact) mass is 377 g/mol. The average molecular weight is 378 g/mol. The second-order valence-corrected chi connectivity index (χ2v) is 8.19. The fourth-order valence-electron chi connectivity index (χ4n) is 2.97. The van der Waals surface area contributed by atoms with Crippen molar-refractivity contribution in [1.82, 2.24) is 14.9 Å². The van der Waals surface area contributed by atoms with Gasteiger partial charge in [0.25, 0.3) is 5.91 Å². The van der Waals surface area contributed by atoms with Gasteiger partial charge in [0.2, 0.25) is 10.0 Å². The number of hydrogen-bond acceptors (Lipinski definition) is 4. The first-order valence-corrected chi connectivity index (χ1v) is 10.5. The Kier molecular flexibility index (Phi) is 8.10. The molecule has 1 amide bonds. The van der Waals surface area contributed by atoms with Crippen molar-refractivity contribution in [1.29, 1.82) is 0 Å². The summed E-state index contributed by atoms with van der Waals surface area (Å²) in [5.41, 5.74) is 0.440. The summed E-state index contributed by atoms with van der Waals surface area (Å²) in [7, 11) is -3.63. The molecule has 1 aromatic carbocycles. The summed E-state index contributed by atoms with van der Waals surface area (Å²) in [5, 5.41) is 2.89. The van der Waals surface area contributed by atoms with E-state index in [4.69, 9.17) is 6.42 Å². The van der Waals surface area contributed by atoms with Gasteiger partial charge in [0.15, 0.2) is 0 Å². The third-order valence-corrected chi connectivity index (χ3v) is 5.84. The molecule has 1 aliphatic heterocycles. The zero-order valence-corrected chi connectivity index (χ0v) is 15.9. The van der Waals surface area contributed by atoms with Gasteiger partial charge in [-0.15, -0.1) is 6.42 Å². The van der Waals surface area contributed by atoms with Crippen LogP contribution in [-0.2, 0) is 10.0 Å². The number of carbonyl (C=O) groups excluding carboxylic acids is 1. The SMILES string of the molecule is C#CCNS(=O)(=O)c1ccc(C(=O)NCCCN2CCCCCC2)cc1. The Morgan fingerprint density at radius 3 is 2.38 bits per heavy atom. The predicted octanol–water partition coefficient (Wildman–Crippen LogP) is 1.59. The van der Waals surface area contributed by atoms with Crippen LogP contribution >= 0.6 is 0 Å². The predicted molar refractivity (Wildman–Crippen MR) is 102 cm³/mol. The average Bonchev–Trinajstić information content (AvgIpc) is 2.92. The lowest BCUT2D eigenvalue weighted by Crippen LogP contribution is -2.30. The highest BCUT2D eigenvalue weighted by Gasteiger charge is 2.14. The minimum Gasteiger partial charge on any atom is -0.352 e. The van der Waals surface area contributed by atoms with Gasteiger partial charge in [0.1, 0.15) is 0 Å². The summed E-state index contributed by atoms with van der Waals surface area (Å²) in [6, 6.07) is 5.83. The van der Waals surface area contributed by atoms with Crippen molar-refractivity contribution in [3.8, 4) is 12.3 Å². The van der Waals surface area contributed by atoms with Crippen LogP contribution in [0.4, 0.5) is 0 Å². The highest BCUT2D eigenvalue weighted by Crippen LogP contribution is 2.11. The van der Waals surface area contributed by atoms with E-state index >= 15 is 0 Å². The molecule has 1 aliphatic rings. The summed E-state index contributed by atoms with van der Waals surface area (Å²) in [6.07, 6.45) is 11.1. The van der Waals surface area contributed by atoms with E-state index in [2.05, 4.69) is 20.9 Å². The minimum absolute atomic E-state index is 0.0679. The Labute approximate surface area is 156 Å². The minimum atomic E-state index is -3.63. The van der Waals surface area contributed by atoms with E-state index in [0.29, 0.717) is 12.1 Å². The van der Waals surface area contributed by atoms with E-state index in [1.54, 1.807) is 0 Å². The highest BCUT2D eigenvalue weighted by atomic mass is 32.2. The molecular weight excluding hydrogens is 350 g/mol. The molecule has 0 bridgehead atoms. The second kappa shape index (κ2) is 10.3. The third-order valence-electron chi connectivity index (χ3n) is 4.43. The van der Waals surface area contributed by atoms with Crippen LogP contribution in [0.15, 0.2) is 29.2 Å². The molecule has 0 aromatic heterocycles. The van der Waals surface area contributed by atoms with Gasteiger partial charge in [-0.05, 0) is 63.2 Å². The van der Waals surface area contributed by atoms with Crippen LogP contribution in [0.1, 0.15) is 42.5 Å². The van der Waals surface area contributed by atoms with Crippen molar-refractivity contribution in [3.05, 3.63) is 29.8 Å². The Morgan fingerprint density at radius 2 is 1.77 bits per heavy atom. The number of terminal acetylenes is 1. The first kappa shape index (κ1) is 20.4. The zero-order valence-electron chi connectivity index (χ0n) is 15.0. The van der Waals surface area contributed by atoms with Crippen LogP contribution in [-0.4, -0.2) is 51.9 Å². The van der Waals surface area contributed by atoms with Crippen LogP contribution in [0.5, 0.6) is 0 Å². The maximum atomic E-state index is 12.2. The molecule has 0 saturated carbocycles. The molecule has 1 saturated heterocycles. The van der Waals surface area contributed by atoms with Crippen molar-refractivity contribution in [2.75, 3.05) is 32.7 Å². The first-order chi connectivity index (χ1) is 12.5. The van der Waals surface area contributed by atoms with Crippen LogP contribution < -0.4 is 10.0 Å². The van der Waals surface area contributed by atoms with Crippen molar-refractivity contribution >= 4 is 15.9 Å². The summed E-state index contributed by atoms with van der Waals surface area (Å²) in [6.45, 7) is 3.84. The molecule has 0 atom stereocenters. The molecule has 0 spiro atoms. The van der Waals surface area contributed by atoms with Gasteiger partial charge in [0, 0.05) is 12.1 Å². The molecule has 1 heterocycles. The zero-order chi connectivity index (χ0) is 18.8. The molecule has 26 heavy (non-hydrogen) atoms. The molecule has 0 radical (unpaired) electrons. The lowest BCUT2D eigenvalue weighted by atomic mass is 10.2. The lowest BCUT2D eigenvalue weighted by Gasteiger charge is -2.19. The van der Waals surface area contributed by atoms with Gasteiger partial charge in [0.05, 0.1) is 11.4 Å². The second-order valence-electron chi connectivity index (χ2n) is 6.42. The van der Waals surface area contributed by atoms with Crippen molar-refractivity contribution in [2.24, 2.45) is 0 Å². The molecule has 1 fully saturated rings. The number of benzene rings is 1. The molecule has 0 unspecified atom stereocenters. The third kappa shape index (κ3) is 6.45. The summed E-state index contributed by atoms with van der Waals surface area (Å²) in [4.78, 5) is 14.7. The number of likely N-dealkylation sites (tertiary alicyclic amines) is 1. The normalized spacial score (nSPS) is 15.8. The Hall–Kier alpha value is -1.88. The van der Waals surface area contributed by atoms with Gasteiger partial charge in [-0.3, -0.25) is 4.79 Å². The van der Waals surface area contributed by atoms with Gasteiger partial charge < -0.3 is 10.2 Å². The number of hydrogen-bond donors (Lipinski definition) is 2. The fourth-order valence-corrected chi connectivity index (χ4v) is 3.91. The number of sulfonamides is 1. The fraction of sp³-hybridized carbons (Fsp3) is 0.526. The van der Waals surface area contributed by atoms with Crippen molar-refractivity contribution < 1.29 is 13.2 Å². The van der Waals surface area contributed by atoms with Crippen molar-refractivity contribution in [3.63, 3.8) is 0 Å². The quantitative estimate of drug-likeness (QED) is 0.533. The number of carbonyl (C=O) groups is 1. The first-order valence-electron chi connectivity index (χ1n) is 9.07. The van der Waals surface area contributed by atoms with Gasteiger partial charge >= 0.3 is 0 Å². The molecule has 0 aliphatic carbocycles. The molecule has 7 heteroatoms. The summed E-state index contributed by atoms with van der Waals surface area (Å²) < 4.78 is 26.2. The Morgan fingerprint density at radius 1 is 1.12 bits per heavy atom. The van der Waals surface area contributed by atoms with Gasteiger partial charge in [-0.2, -0.15) is 4.72 Å². The summed E-state index contributed by atoms with van der Waals surface area (Å²) >= 11 is 0. The van der Waals surface area contributed by atoms with Crippen LogP contribution in [0.3, 0.4) is 0 Å². The van der Waals surface area contributed by atoms with E-state index in [-0.39, 0.29) is 17.3 Å². The smallest absolute Gasteiger partial charge is 0.251 e.